The molecule has 0 rings (SSSR count). The van der Waals surface area contributed by atoms with Crippen LogP contribution in [0, 0.1) is 23.7 Å². The molecule has 3 N–H and O–H groups in total. The highest BCUT2D eigenvalue weighted by Crippen LogP contribution is 2.45. The average molecular weight is 1310 g/mol. The second-order valence-corrected chi connectivity index (χ2v) is 30.1. The van der Waals surface area contributed by atoms with Gasteiger partial charge in [0.15, 0.2) is 12.2 Å². The summed E-state index contributed by atoms with van der Waals surface area (Å²) in [6, 6.07) is 0. The topological polar surface area (TPSA) is 237 Å². The van der Waals surface area contributed by atoms with Crippen molar-refractivity contribution in [3.8, 4) is 0 Å². The maximum atomic E-state index is 13.0. The van der Waals surface area contributed by atoms with Crippen LogP contribution in [0.3, 0.4) is 0 Å². The number of rotatable bonds is 67. The van der Waals surface area contributed by atoms with E-state index in [-0.39, 0.29) is 25.7 Å². The van der Waals surface area contributed by atoms with E-state index in [1.54, 1.807) is 0 Å². The first kappa shape index (κ1) is 87.1. The molecule has 89 heavy (non-hydrogen) atoms. The van der Waals surface area contributed by atoms with E-state index in [4.69, 9.17) is 37.0 Å². The van der Waals surface area contributed by atoms with Gasteiger partial charge in [-0.1, -0.05) is 293 Å². The van der Waals surface area contributed by atoms with Gasteiger partial charge in [0.2, 0.25) is 0 Å². The van der Waals surface area contributed by atoms with Gasteiger partial charge in [0.25, 0.3) is 0 Å². The molecule has 19 heteroatoms. The summed E-state index contributed by atoms with van der Waals surface area (Å²) in [5.41, 5.74) is 0. The highest BCUT2D eigenvalue weighted by atomic mass is 31.2. The van der Waals surface area contributed by atoms with Gasteiger partial charge < -0.3 is 33.8 Å². The zero-order valence-electron chi connectivity index (χ0n) is 58.1. The van der Waals surface area contributed by atoms with Crippen LogP contribution in [-0.4, -0.2) is 96.7 Å². The number of aliphatic hydroxyl groups is 1. The quantitative estimate of drug-likeness (QED) is 0.0222. The molecule has 0 aliphatic rings. The van der Waals surface area contributed by atoms with Crippen molar-refractivity contribution in [3.63, 3.8) is 0 Å². The van der Waals surface area contributed by atoms with Crippen molar-refractivity contribution >= 4 is 39.5 Å². The lowest BCUT2D eigenvalue weighted by Crippen LogP contribution is -2.30. The summed E-state index contributed by atoms with van der Waals surface area (Å²) < 4.78 is 68.2. The first-order chi connectivity index (χ1) is 42.6. The average Bonchev–Trinajstić information content (AvgIpc) is 3.53. The highest BCUT2D eigenvalue weighted by Gasteiger charge is 2.30. The predicted octanol–water partition coefficient (Wildman–Crippen LogP) is 19.7. The fraction of sp³-hybridized carbons (Fsp3) is 0.943. The van der Waals surface area contributed by atoms with Crippen molar-refractivity contribution in [3.05, 3.63) is 0 Å². The Kier molecular flexibility index (Phi) is 58.5. The first-order valence-electron chi connectivity index (χ1n) is 36.2. The third kappa shape index (κ3) is 64.6. The van der Waals surface area contributed by atoms with Crippen LogP contribution in [0.2, 0.25) is 0 Å². The van der Waals surface area contributed by atoms with Gasteiger partial charge >= 0.3 is 39.5 Å². The minimum absolute atomic E-state index is 0.101. The lowest BCUT2D eigenvalue weighted by molar-refractivity contribution is -0.161. The molecule has 5 atom stereocenters. The summed E-state index contributed by atoms with van der Waals surface area (Å²) >= 11 is 0. The van der Waals surface area contributed by atoms with Gasteiger partial charge in [-0.25, -0.2) is 9.13 Å². The SMILES string of the molecule is CC(C)CCCCCCCCCCCCCCCCCCC(=O)OC[C@H](COP(=O)(O)OCC(O)COP(=O)(O)OC[C@@H](COC(=O)CCCCCCCCCC(C)C)OC(=O)CCCCCCCCC(C)C)OC(=O)CCCCCCCCCCC(C)C. The van der Waals surface area contributed by atoms with E-state index >= 15 is 0 Å². The molecule has 0 bridgehead atoms. The normalized spacial score (nSPS) is 14.3. The largest absolute Gasteiger partial charge is 0.472 e. The van der Waals surface area contributed by atoms with Gasteiger partial charge in [-0.05, 0) is 49.4 Å². The van der Waals surface area contributed by atoms with Gasteiger partial charge in [0, 0.05) is 25.7 Å². The molecule has 0 fully saturated rings. The Morgan fingerprint density at radius 3 is 0.697 bits per heavy atom. The standard InChI is InChI=1S/C70H136O17P2/c1-60(2)46-38-30-22-17-15-13-11-9-10-12-14-16-18-25-34-42-50-67(72)80-56-65(86-69(74)52-44-36-26-20-19-23-31-39-47-61(3)4)58-84-88(76,77)82-54-64(71)55-83-89(78,79)85-59-66(87-70(75)53-45-37-29-28-33-41-49-63(7)8)57-81-68(73)51-43-35-27-21-24-32-40-48-62(5)6/h60-66,71H,9-59H2,1-8H3,(H,76,77)(H,78,79)/t64?,65-,66-/m1/s1. The molecular formula is C70H136O17P2. The summed E-state index contributed by atoms with van der Waals surface area (Å²) in [4.78, 5) is 72.4. The number of phosphoric acid groups is 2. The molecule has 0 aromatic heterocycles. The van der Waals surface area contributed by atoms with E-state index in [9.17, 15) is 43.2 Å². The molecule has 0 radical (unpaired) electrons. The van der Waals surface area contributed by atoms with Gasteiger partial charge in [-0.15, -0.1) is 0 Å². The first-order valence-corrected chi connectivity index (χ1v) is 39.2. The van der Waals surface area contributed by atoms with Crippen molar-refractivity contribution in [2.45, 2.75) is 363 Å². The van der Waals surface area contributed by atoms with Gasteiger partial charge in [0.05, 0.1) is 26.4 Å². The number of hydrogen-bond acceptors (Lipinski definition) is 15. The minimum Gasteiger partial charge on any atom is -0.462 e. The number of ether oxygens (including phenoxy) is 4. The summed E-state index contributed by atoms with van der Waals surface area (Å²) in [6.07, 6.45) is 42.1. The molecule has 0 amide bonds. The number of esters is 4. The van der Waals surface area contributed by atoms with Crippen molar-refractivity contribution in [1.29, 1.82) is 0 Å². The monoisotopic (exact) mass is 1310 g/mol. The zero-order chi connectivity index (χ0) is 66.1. The van der Waals surface area contributed by atoms with Crippen LogP contribution in [0.15, 0.2) is 0 Å². The number of carbonyl (C=O) groups excluding carboxylic acids is 4. The van der Waals surface area contributed by atoms with Crippen molar-refractivity contribution in [2.24, 2.45) is 23.7 Å². The summed E-state index contributed by atoms with van der Waals surface area (Å²) in [6.45, 7) is 14.0. The van der Waals surface area contributed by atoms with Crippen molar-refractivity contribution in [1.82, 2.24) is 0 Å². The molecule has 3 unspecified atom stereocenters. The zero-order valence-corrected chi connectivity index (χ0v) is 59.8. The number of phosphoric ester groups is 2. The lowest BCUT2D eigenvalue weighted by Gasteiger charge is -2.21. The van der Waals surface area contributed by atoms with Crippen LogP contribution in [-0.2, 0) is 65.4 Å². The number of carbonyl (C=O) groups is 4. The molecule has 0 aromatic carbocycles. The molecule has 0 saturated heterocycles. The minimum atomic E-state index is -4.95. The second kappa shape index (κ2) is 59.8. The number of aliphatic hydroxyl groups excluding tert-OH is 1. The van der Waals surface area contributed by atoms with E-state index in [1.807, 2.05) is 0 Å². The van der Waals surface area contributed by atoms with Crippen LogP contribution in [0.1, 0.15) is 344 Å². The molecule has 0 aromatic rings. The van der Waals surface area contributed by atoms with Crippen molar-refractivity contribution < 1.29 is 80.2 Å². The maximum absolute atomic E-state index is 13.0. The van der Waals surface area contributed by atoms with E-state index in [2.05, 4.69) is 55.4 Å². The van der Waals surface area contributed by atoms with Crippen LogP contribution >= 0.6 is 15.6 Å². The molecule has 0 spiro atoms. The number of hydrogen-bond donors (Lipinski definition) is 3. The van der Waals surface area contributed by atoms with Crippen LogP contribution in [0.4, 0.5) is 0 Å². The fourth-order valence-electron chi connectivity index (χ4n) is 10.5. The predicted molar refractivity (Wildman–Crippen MR) is 358 cm³/mol. The Balaban J connectivity index is 5.16. The Bertz CT molecular complexity index is 1760. The van der Waals surface area contributed by atoms with Gasteiger partial charge in [-0.3, -0.25) is 37.3 Å². The van der Waals surface area contributed by atoms with Gasteiger partial charge in [0.1, 0.15) is 19.3 Å². The fourth-order valence-corrected chi connectivity index (χ4v) is 12.1. The molecule has 17 nitrogen and oxygen atoms in total. The Labute approximate surface area is 543 Å². The Hall–Kier alpha value is -1.94. The Morgan fingerprint density at radius 1 is 0.281 bits per heavy atom. The van der Waals surface area contributed by atoms with E-state index in [0.717, 1.165) is 108 Å². The number of unbranched alkanes of at least 4 members (excludes halogenated alkanes) is 33. The molecule has 528 valence electrons. The van der Waals surface area contributed by atoms with E-state index in [1.165, 1.54) is 141 Å². The second-order valence-electron chi connectivity index (χ2n) is 27.2. The van der Waals surface area contributed by atoms with Crippen LogP contribution in [0.5, 0.6) is 0 Å². The van der Waals surface area contributed by atoms with E-state index in [0.29, 0.717) is 37.5 Å². The smallest absolute Gasteiger partial charge is 0.462 e. The van der Waals surface area contributed by atoms with Crippen LogP contribution in [0.25, 0.3) is 0 Å². The Morgan fingerprint density at radius 2 is 0.472 bits per heavy atom. The highest BCUT2D eigenvalue weighted by molar-refractivity contribution is 7.47. The summed E-state index contributed by atoms with van der Waals surface area (Å²) in [5.74, 6) is 0.769. The third-order valence-electron chi connectivity index (χ3n) is 16.1. The lowest BCUT2D eigenvalue weighted by atomic mass is 10.0. The molecule has 0 aliphatic heterocycles. The van der Waals surface area contributed by atoms with Crippen LogP contribution < -0.4 is 0 Å². The maximum Gasteiger partial charge on any atom is 0.472 e. The van der Waals surface area contributed by atoms with Gasteiger partial charge in [-0.2, -0.15) is 0 Å². The summed E-state index contributed by atoms with van der Waals surface area (Å²) in [5, 5.41) is 10.6. The molecular weight excluding hydrogens is 1170 g/mol. The van der Waals surface area contributed by atoms with E-state index < -0.39 is 97.5 Å². The molecule has 0 aliphatic carbocycles. The third-order valence-corrected chi connectivity index (χ3v) is 18.0. The summed E-state index contributed by atoms with van der Waals surface area (Å²) in [7, 11) is -9.90. The molecule has 0 saturated carbocycles. The molecule has 0 heterocycles. The van der Waals surface area contributed by atoms with Crippen molar-refractivity contribution in [2.75, 3.05) is 39.6 Å².